The van der Waals surface area contributed by atoms with Crippen molar-refractivity contribution in [1.29, 1.82) is 0 Å². The number of anilines is 1. The molecule has 1 aromatic carbocycles. The van der Waals surface area contributed by atoms with Gasteiger partial charge in [-0.25, -0.2) is 0 Å². The molecule has 1 amide bonds. The number of rotatable bonds is 3. The maximum Gasteiger partial charge on any atom is 0.269 e. The lowest BCUT2D eigenvalue weighted by Gasteiger charge is -2.05. The summed E-state index contributed by atoms with van der Waals surface area (Å²) in [5.74, 6) is -0.214. The molecule has 2 heterocycles. The van der Waals surface area contributed by atoms with E-state index in [1.807, 2.05) is 6.92 Å². The molecule has 0 saturated heterocycles. The Morgan fingerprint density at radius 2 is 2.21 bits per heavy atom. The van der Waals surface area contributed by atoms with E-state index in [1.54, 1.807) is 18.2 Å². The molecule has 11 heteroatoms. The van der Waals surface area contributed by atoms with Crippen molar-refractivity contribution in [2.75, 3.05) is 5.32 Å². The lowest BCUT2D eigenvalue weighted by molar-refractivity contribution is 0.0982. The van der Waals surface area contributed by atoms with E-state index in [0.717, 1.165) is 10.1 Å². The van der Waals surface area contributed by atoms with Crippen molar-refractivity contribution in [2.24, 2.45) is 0 Å². The fourth-order valence-electron chi connectivity index (χ4n) is 1.90. The smallest absolute Gasteiger partial charge is 0.269 e. The molecular formula is C13H10Cl2N6OS2. The van der Waals surface area contributed by atoms with Crippen LogP contribution in [0, 0.1) is 0 Å². The average molecular weight is 401 g/mol. The Bertz CT molecular complexity index is 938. The van der Waals surface area contributed by atoms with Gasteiger partial charge in [0.05, 0.1) is 11.6 Å². The topological polar surface area (TPSA) is 84.7 Å². The van der Waals surface area contributed by atoms with Gasteiger partial charge in [0.2, 0.25) is 0 Å². The summed E-state index contributed by atoms with van der Waals surface area (Å²) in [6.45, 7) is 2.45. The maximum absolute atomic E-state index is 12.4. The van der Waals surface area contributed by atoms with Gasteiger partial charge in [-0.3, -0.25) is 15.4 Å². The van der Waals surface area contributed by atoms with Crippen molar-refractivity contribution in [3.8, 4) is 0 Å². The molecule has 0 unspecified atom stereocenters. The minimum atomic E-state index is -0.419. The van der Waals surface area contributed by atoms with Gasteiger partial charge < -0.3 is 0 Å². The van der Waals surface area contributed by atoms with Crippen LogP contribution in [0.1, 0.15) is 16.6 Å². The lowest BCUT2D eigenvalue weighted by Crippen LogP contribution is -2.34. The number of aryl methyl sites for hydroxylation is 1. The molecule has 0 atom stereocenters. The highest BCUT2D eigenvalue weighted by molar-refractivity contribution is 7.80. The highest BCUT2D eigenvalue weighted by Crippen LogP contribution is 2.36. The summed E-state index contributed by atoms with van der Waals surface area (Å²) in [4.78, 5) is 14.1. The third-order valence-electron chi connectivity index (χ3n) is 2.99. The van der Waals surface area contributed by atoms with Crippen molar-refractivity contribution in [1.82, 2.24) is 25.5 Å². The first-order valence-corrected chi connectivity index (χ1v) is 8.73. The molecule has 0 aliphatic carbocycles. The zero-order chi connectivity index (χ0) is 17.3. The number of fused-ring (bicyclic) bond motifs is 1. The predicted molar refractivity (Wildman–Crippen MR) is 99.0 cm³/mol. The van der Waals surface area contributed by atoms with Crippen LogP contribution >= 0.6 is 46.8 Å². The zero-order valence-corrected chi connectivity index (χ0v) is 15.4. The average Bonchev–Trinajstić information content (AvgIpc) is 3.11. The van der Waals surface area contributed by atoms with E-state index in [0.29, 0.717) is 21.5 Å². The van der Waals surface area contributed by atoms with Crippen LogP contribution in [0.2, 0.25) is 10.0 Å². The number of amides is 1. The van der Waals surface area contributed by atoms with Crippen molar-refractivity contribution in [3.05, 3.63) is 33.1 Å². The normalized spacial score (nSPS) is 10.8. The van der Waals surface area contributed by atoms with Crippen LogP contribution in [-0.2, 0) is 6.54 Å². The van der Waals surface area contributed by atoms with Crippen LogP contribution in [0.5, 0.6) is 0 Å². The van der Waals surface area contributed by atoms with Crippen LogP contribution in [0.15, 0.2) is 18.2 Å². The largest absolute Gasteiger partial charge is 0.298 e. The fraction of sp³-hybridized carbons (Fsp3) is 0.154. The predicted octanol–water partition coefficient (Wildman–Crippen LogP) is 3.34. The minimum Gasteiger partial charge on any atom is -0.298 e. The molecule has 0 aliphatic rings. The number of hydrogen-bond acceptors (Lipinski definition) is 6. The quantitative estimate of drug-likeness (QED) is 0.655. The molecule has 0 aliphatic heterocycles. The number of hydrogen-bond donors (Lipinski definition) is 2. The molecule has 0 spiro atoms. The van der Waals surface area contributed by atoms with E-state index in [2.05, 4.69) is 26.0 Å². The Balaban J connectivity index is 1.74. The van der Waals surface area contributed by atoms with E-state index in [9.17, 15) is 4.79 Å². The first kappa shape index (κ1) is 17.0. The third-order valence-corrected chi connectivity index (χ3v) is 5.08. The molecule has 0 fully saturated rings. The Hall–Kier alpha value is -1.81. The van der Waals surface area contributed by atoms with Crippen molar-refractivity contribution >= 4 is 73.8 Å². The van der Waals surface area contributed by atoms with Gasteiger partial charge in [0, 0.05) is 15.1 Å². The molecule has 2 aromatic heterocycles. The summed E-state index contributed by atoms with van der Waals surface area (Å²) in [6, 6.07) is 5.25. The Morgan fingerprint density at radius 1 is 1.42 bits per heavy atom. The van der Waals surface area contributed by atoms with E-state index in [-0.39, 0.29) is 11.1 Å². The van der Waals surface area contributed by atoms with Gasteiger partial charge in [-0.2, -0.15) is 4.80 Å². The van der Waals surface area contributed by atoms with Crippen molar-refractivity contribution in [2.45, 2.75) is 13.5 Å². The monoisotopic (exact) mass is 400 g/mol. The number of carbonyl (C=O) groups excluding carboxylic acids is 1. The molecular weight excluding hydrogens is 391 g/mol. The van der Waals surface area contributed by atoms with Gasteiger partial charge in [0.25, 0.3) is 11.9 Å². The second-order valence-electron chi connectivity index (χ2n) is 4.60. The van der Waals surface area contributed by atoms with E-state index in [4.69, 9.17) is 35.4 Å². The maximum atomic E-state index is 12.4. The number of thiophene rings is 1. The van der Waals surface area contributed by atoms with E-state index >= 15 is 0 Å². The number of nitrogens with zero attached hydrogens (tertiary/aromatic N) is 4. The third kappa shape index (κ3) is 3.48. The molecule has 3 rings (SSSR count). The molecule has 0 saturated carbocycles. The number of nitrogens with one attached hydrogen (secondary N) is 2. The van der Waals surface area contributed by atoms with Crippen molar-refractivity contribution in [3.63, 3.8) is 0 Å². The van der Waals surface area contributed by atoms with Gasteiger partial charge in [-0.15, -0.1) is 16.4 Å². The Kier molecular flexibility index (Phi) is 4.95. The highest BCUT2D eigenvalue weighted by atomic mass is 35.5. The summed E-state index contributed by atoms with van der Waals surface area (Å²) >= 11 is 18.6. The summed E-state index contributed by atoms with van der Waals surface area (Å²) < 4.78 is 0.823. The number of thiocarbonyl (C=S) groups is 1. The molecule has 7 nitrogen and oxygen atoms in total. The number of benzene rings is 1. The summed E-state index contributed by atoms with van der Waals surface area (Å²) in [5, 5.41) is 18.6. The number of tetrazole rings is 1. The first-order valence-electron chi connectivity index (χ1n) is 6.75. The Morgan fingerprint density at radius 3 is 2.92 bits per heavy atom. The van der Waals surface area contributed by atoms with Crippen LogP contribution in [-0.4, -0.2) is 31.2 Å². The van der Waals surface area contributed by atoms with Crippen LogP contribution in [0.25, 0.3) is 10.1 Å². The number of halogens is 2. The molecule has 24 heavy (non-hydrogen) atoms. The van der Waals surface area contributed by atoms with E-state index < -0.39 is 5.91 Å². The van der Waals surface area contributed by atoms with Gasteiger partial charge in [0.15, 0.2) is 5.11 Å². The molecule has 0 radical (unpaired) electrons. The lowest BCUT2D eigenvalue weighted by atomic mass is 10.2. The van der Waals surface area contributed by atoms with E-state index in [1.165, 1.54) is 16.1 Å². The second-order valence-corrected chi connectivity index (χ2v) is 6.87. The molecule has 3 aromatic rings. The van der Waals surface area contributed by atoms with Gasteiger partial charge >= 0.3 is 0 Å². The highest BCUT2D eigenvalue weighted by Gasteiger charge is 2.18. The molecule has 2 N–H and O–H groups in total. The summed E-state index contributed by atoms with van der Waals surface area (Å²) in [6.07, 6.45) is 0. The SMILES string of the molecule is CCn1nnc(NC(=S)NC(=O)c2sc3cc(Cl)ccc3c2Cl)n1. The molecule has 0 bridgehead atoms. The summed E-state index contributed by atoms with van der Waals surface area (Å²) in [7, 11) is 0. The van der Waals surface area contributed by atoms with Crippen LogP contribution < -0.4 is 10.6 Å². The standard InChI is InChI=1S/C13H10Cl2N6OS2/c1-2-21-19-12(18-20-21)17-13(23)16-11(22)10-9(15)7-4-3-6(14)5-8(7)24-10/h3-5H,2H2,1H3,(H2,16,17,19,22,23). The van der Waals surface area contributed by atoms with Gasteiger partial charge in [-0.1, -0.05) is 34.4 Å². The Labute approximate surface area is 155 Å². The number of aromatic nitrogens is 4. The second kappa shape index (κ2) is 6.98. The van der Waals surface area contributed by atoms with Crippen molar-refractivity contribution < 1.29 is 4.79 Å². The van der Waals surface area contributed by atoms with Crippen LogP contribution in [0.3, 0.4) is 0 Å². The minimum absolute atomic E-state index is 0.0576. The molecule has 124 valence electrons. The first-order chi connectivity index (χ1) is 11.5. The van der Waals surface area contributed by atoms with Gasteiger partial charge in [-0.05, 0) is 36.5 Å². The van der Waals surface area contributed by atoms with Gasteiger partial charge in [0.1, 0.15) is 4.88 Å². The fourth-order valence-corrected chi connectivity index (χ4v) is 3.78. The number of carbonyl (C=O) groups is 1. The summed E-state index contributed by atoms with van der Waals surface area (Å²) in [5.41, 5.74) is 0. The van der Waals surface area contributed by atoms with Crippen LogP contribution in [0.4, 0.5) is 5.95 Å². The zero-order valence-electron chi connectivity index (χ0n) is 12.2.